The molecule has 1 saturated heterocycles. The monoisotopic (exact) mass is 864 g/mol. The quantitative estimate of drug-likeness (QED) is 0.159. The normalized spacial score (nSPS) is 30.7. The van der Waals surface area contributed by atoms with E-state index in [-0.39, 0.29) is 107 Å². The number of phenols is 2. The molecule has 0 spiro atoms. The molecule has 1 unspecified atom stereocenters. The van der Waals surface area contributed by atoms with Crippen molar-refractivity contribution in [3.63, 3.8) is 0 Å². The number of carbonyl (C=O) groups excluding carboxylic acids is 3. The molecule has 1 heterocycles. The Balaban J connectivity index is 0.000000965. The summed E-state index contributed by atoms with van der Waals surface area (Å²) in [4.78, 5) is 39.7. The third kappa shape index (κ3) is 14.1. The van der Waals surface area contributed by atoms with Gasteiger partial charge in [0.25, 0.3) is 0 Å². The molecule has 2 aromatic carbocycles. The zero-order valence-corrected chi connectivity index (χ0v) is 42.2. The molecule has 7 rings (SSSR count). The maximum absolute atomic E-state index is 13.5. The number of phenolic OH excluding ortho intramolecular Hbond substituents is 2. The number of hydrogen-bond donors (Lipinski definition) is 3. The van der Waals surface area contributed by atoms with Crippen molar-refractivity contribution in [1.82, 2.24) is 0 Å². The van der Waals surface area contributed by atoms with Crippen LogP contribution in [0.25, 0.3) is 0 Å². The number of aliphatic hydroxyl groups is 1. The van der Waals surface area contributed by atoms with Crippen molar-refractivity contribution < 1.29 is 53.3 Å². The van der Waals surface area contributed by atoms with Crippen LogP contribution in [0.2, 0.25) is 0 Å². The minimum absolute atomic E-state index is 0. The summed E-state index contributed by atoms with van der Waals surface area (Å²) in [6.45, 7) is 38.3. The van der Waals surface area contributed by atoms with E-state index in [9.17, 15) is 29.7 Å². The number of ketones is 3. The van der Waals surface area contributed by atoms with Crippen LogP contribution in [0.1, 0.15) is 172 Å². The number of aromatic hydroxyl groups is 2. The molecular weight excluding hydrogens is 778 g/mol. The van der Waals surface area contributed by atoms with Gasteiger partial charge in [0.2, 0.25) is 0 Å². The van der Waals surface area contributed by atoms with Gasteiger partial charge >= 0.3 is 18.9 Å². The van der Waals surface area contributed by atoms with Gasteiger partial charge in [0, 0.05) is 56.9 Å². The molecule has 2 aromatic rings. The standard InChI is InChI=1S/C22H32O3.C22H30O3.C4H8O.3C2H5.B.Li/c2*1-13-9-15(11-16(23)10-13)20(25)19-14(2)17(24)12-18-21(3,4)7-6-8-22(18,19)5;1-2-4-5-3-1;3*1-2;;/h9-11,14,17-19,23-24H,6-8,12H2,1-5H3;9-11,14,18-19,23H,6-8,12H2,1-5H3;1-4H2;3*1H2,2H3;;/q;;;3*-1;;+1/t14-,17?,18+,19-,22+;14-,18+,19-,22+;;;;;;/m11....../s1. The van der Waals surface area contributed by atoms with Crippen molar-refractivity contribution in [3.8, 4) is 11.5 Å². The Morgan fingerprint density at radius 1 is 0.635 bits per heavy atom. The Kier molecular flexibility index (Phi) is 25.1. The fraction of sp³-hybridized carbons (Fsp3) is 0.667. The van der Waals surface area contributed by atoms with Crippen molar-refractivity contribution in [2.45, 2.75) is 160 Å². The minimum atomic E-state index is -0.442. The van der Waals surface area contributed by atoms with E-state index in [4.69, 9.17) is 4.74 Å². The third-order valence-electron chi connectivity index (χ3n) is 15.1. The number of fused-ring (bicyclic) bond motifs is 2. The first-order valence-electron chi connectivity index (χ1n) is 23.2. The van der Waals surface area contributed by atoms with Gasteiger partial charge in [-0.25, -0.2) is 0 Å². The van der Waals surface area contributed by atoms with Crippen molar-refractivity contribution in [2.75, 3.05) is 13.2 Å². The van der Waals surface area contributed by atoms with E-state index < -0.39 is 6.10 Å². The van der Waals surface area contributed by atoms with E-state index >= 15 is 0 Å². The molecule has 5 aliphatic rings. The maximum atomic E-state index is 13.5. The van der Waals surface area contributed by atoms with Crippen LogP contribution in [-0.2, 0) is 9.53 Å². The summed E-state index contributed by atoms with van der Waals surface area (Å²) in [5.74, 6) is 0.309. The van der Waals surface area contributed by atoms with Crippen molar-refractivity contribution in [3.05, 3.63) is 79.4 Å². The van der Waals surface area contributed by atoms with E-state index in [1.807, 2.05) is 39.8 Å². The van der Waals surface area contributed by atoms with Crippen LogP contribution in [0.15, 0.2) is 36.4 Å². The van der Waals surface area contributed by atoms with Gasteiger partial charge in [-0.3, -0.25) is 14.4 Å². The van der Waals surface area contributed by atoms with Gasteiger partial charge in [-0.1, -0.05) is 68.2 Å². The summed E-state index contributed by atoms with van der Waals surface area (Å²) in [7, 11) is 0. The third-order valence-corrected chi connectivity index (χ3v) is 15.1. The van der Waals surface area contributed by atoms with Crippen molar-refractivity contribution in [1.29, 1.82) is 0 Å². The molecule has 0 bridgehead atoms. The van der Waals surface area contributed by atoms with Gasteiger partial charge in [0.05, 0.1) is 6.10 Å². The summed E-state index contributed by atoms with van der Waals surface area (Å²) in [5, 5.41) is 30.6. The van der Waals surface area contributed by atoms with Gasteiger partial charge in [0.15, 0.2) is 11.6 Å². The molecule has 0 amide bonds. The zero-order valence-electron chi connectivity index (χ0n) is 42.2. The van der Waals surface area contributed by atoms with Crippen molar-refractivity contribution >= 4 is 25.8 Å². The summed E-state index contributed by atoms with van der Waals surface area (Å²) >= 11 is 0. The fourth-order valence-corrected chi connectivity index (χ4v) is 12.3. The smallest absolute Gasteiger partial charge is 0.508 e. The predicted molar refractivity (Wildman–Crippen MR) is 257 cm³/mol. The Hall–Kier alpha value is -2.37. The number of Topliss-reactive ketones (excluding diaryl/α,β-unsaturated/α-hetero) is 3. The van der Waals surface area contributed by atoms with Crippen LogP contribution in [0, 0.1) is 91.8 Å². The second-order valence-electron chi connectivity index (χ2n) is 20.0. The number of benzene rings is 2. The molecule has 63 heavy (non-hydrogen) atoms. The molecule has 4 saturated carbocycles. The molecule has 1 aliphatic heterocycles. The van der Waals surface area contributed by atoms with Crippen LogP contribution in [-0.4, -0.2) is 60.4 Å². The summed E-state index contributed by atoms with van der Waals surface area (Å²) in [5.41, 5.74) is 2.82. The van der Waals surface area contributed by atoms with E-state index in [1.165, 1.54) is 12.8 Å². The molecule has 5 fully saturated rings. The van der Waals surface area contributed by atoms with Gasteiger partial charge in [-0.2, -0.15) is 20.8 Å². The van der Waals surface area contributed by atoms with Gasteiger partial charge < -0.3 is 40.8 Å². The van der Waals surface area contributed by atoms with Gasteiger partial charge in [0.1, 0.15) is 17.3 Å². The summed E-state index contributed by atoms with van der Waals surface area (Å²) in [6, 6.07) is 10.1. The largest absolute Gasteiger partial charge is 1.00 e. The number of ether oxygens (including phenoxy) is 1. The van der Waals surface area contributed by atoms with Crippen LogP contribution in [0.3, 0.4) is 0 Å². The first-order valence-corrected chi connectivity index (χ1v) is 23.2. The number of rotatable bonds is 4. The second kappa shape index (κ2) is 26.1. The minimum Gasteiger partial charge on any atom is -0.508 e. The van der Waals surface area contributed by atoms with E-state index in [0.717, 1.165) is 69.3 Å². The first kappa shape index (κ1) is 60.6. The predicted octanol–water partition coefficient (Wildman–Crippen LogP) is 9.62. The summed E-state index contributed by atoms with van der Waals surface area (Å²) in [6.07, 6.45) is 10.0. The van der Waals surface area contributed by atoms with Crippen LogP contribution in [0.5, 0.6) is 11.5 Å². The molecular formula is C54H85BLiO7-2. The zero-order chi connectivity index (χ0) is 46.7. The second-order valence-corrected chi connectivity index (χ2v) is 20.0. The summed E-state index contributed by atoms with van der Waals surface area (Å²) < 4.78 is 4.94. The number of carbonyl (C=O) groups is 3. The maximum Gasteiger partial charge on any atom is 1.00 e. The molecule has 4 aliphatic carbocycles. The van der Waals surface area contributed by atoms with Gasteiger partial charge in [-0.15, -0.1) is 0 Å². The molecule has 9 atom stereocenters. The molecule has 3 N–H and O–H groups in total. The first-order chi connectivity index (χ1) is 28.6. The molecule has 0 aromatic heterocycles. The topological polar surface area (TPSA) is 121 Å². The molecule has 3 radical (unpaired) electrons. The number of aliphatic hydroxyl groups excluding tert-OH is 1. The van der Waals surface area contributed by atoms with Crippen LogP contribution >= 0.6 is 0 Å². The molecule has 349 valence electrons. The molecule has 9 heteroatoms. The van der Waals surface area contributed by atoms with E-state index in [1.54, 1.807) is 45.0 Å². The van der Waals surface area contributed by atoms with E-state index in [2.05, 4.69) is 62.3 Å². The Morgan fingerprint density at radius 3 is 1.43 bits per heavy atom. The Labute approximate surface area is 398 Å². The van der Waals surface area contributed by atoms with E-state index in [0.29, 0.717) is 23.5 Å². The molecule has 7 nitrogen and oxygen atoms in total. The SMILES string of the molecule is C1CCOC1.Cc1cc(O)cc(C(=O)[C@H]2[C@H](C)C(=O)C[C@H]3C(C)(C)CCC[C@]23C)c1.Cc1cc(O)cc(C(=O)[C@H]2[C@H](C)C(O)C[C@H]3C(C)(C)CCC[C@]23C)c1.[B].[CH2-]C.[CH2-]C.[CH2-]C.[Li+]. The van der Waals surface area contributed by atoms with Crippen LogP contribution in [0.4, 0.5) is 0 Å². The fourth-order valence-electron chi connectivity index (χ4n) is 12.3. The number of aryl methyl sites for hydroxylation is 2. The Morgan fingerprint density at radius 2 is 1.03 bits per heavy atom. The van der Waals surface area contributed by atoms with Crippen LogP contribution < -0.4 is 18.9 Å². The average molecular weight is 864 g/mol. The van der Waals surface area contributed by atoms with Crippen molar-refractivity contribution in [2.24, 2.45) is 57.2 Å². The average Bonchev–Trinajstić information content (AvgIpc) is 3.79. The Bertz CT molecular complexity index is 1690. The van der Waals surface area contributed by atoms with Gasteiger partial charge in [-0.05, 0) is 146 Å². The number of hydrogen-bond acceptors (Lipinski definition) is 7.